The van der Waals surface area contributed by atoms with Crippen molar-refractivity contribution in [3.05, 3.63) is 40.5 Å². The number of hydrogen-bond donors (Lipinski definition) is 1. The van der Waals surface area contributed by atoms with Gasteiger partial charge in [0.25, 0.3) is 0 Å². The average molecular weight is 265 g/mol. The maximum absolute atomic E-state index is 13.1. The standard InChI is InChI=1S/C14H16FNOS/c1-9(2)12(7-17)14-16-13(8-18-14)10-4-3-5-11(15)6-10/h3-6,8-9,12,17H,7H2,1-2H3. The van der Waals surface area contributed by atoms with E-state index < -0.39 is 0 Å². The molecule has 2 rings (SSSR count). The lowest BCUT2D eigenvalue weighted by Crippen LogP contribution is -2.10. The zero-order valence-corrected chi connectivity index (χ0v) is 11.2. The van der Waals surface area contributed by atoms with E-state index in [0.717, 1.165) is 16.3 Å². The van der Waals surface area contributed by atoms with E-state index in [-0.39, 0.29) is 18.3 Å². The van der Waals surface area contributed by atoms with Gasteiger partial charge < -0.3 is 5.11 Å². The van der Waals surface area contributed by atoms with E-state index in [4.69, 9.17) is 0 Å². The third-order valence-corrected chi connectivity index (χ3v) is 3.94. The van der Waals surface area contributed by atoms with E-state index in [0.29, 0.717) is 5.92 Å². The second kappa shape index (κ2) is 5.59. The van der Waals surface area contributed by atoms with Crippen LogP contribution in [0.2, 0.25) is 0 Å². The maximum atomic E-state index is 13.1. The van der Waals surface area contributed by atoms with E-state index in [1.165, 1.54) is 23.5 Å². The minimum Gasteiger partial charge on any atom is -0.396 e. The molecule has 1 aromatic heterocycles. The highest BCUT2D eigenvalue weighted by molar-refractivity contribution is 7.10. The normalized spacial score (nSPS) is 12.9. The number of rotatable bonds is 4. The number of halogens is 1. The highest BCUT2D eigenvalue weighted by Gasteiger charge is 2.18. The molecule has 2 nitrogen and oxygen atoms in total. The van der Waals surface area contributed by atoms with Crippen molar-refractivity contribution in [3.8, 4) is 11.3 Å². The molecule has 96 valence electrons. The van der Waals surface area contributed by atoms with E-state index in [1.54, 1.807) is 6.07 Å². The number of aliphatic hydroxyl groups excluding tert-OH is 1. The van der Waals surface area contributed by atoms with Crippen LogP contribution in [0, 0.1) is 11.7 Å². The predicted octanol–water partition coefficient (Wildman–Crippen LogP) is 3.68. The van der Waals surface area contributed by atoms with E-state index in [9.17, 15) is 9.50 Å². The van der Waals surface area contributed by atoms with Crippen LogP contribution in [0.1, 0.15) is 24.8 Å². The van der Waals surface area contributed by atoms with Crippen molar-refractivity contribution in [2.24, 2.45) is 5.92 Å². The molecule has 1 N–H and O–H groups in total. The first-order chi connectivity index (χ1) is 8.61. The Morgan fingerprint density at radius 1 is 1.39 bits per heavy atom. The number of thiazole rings is 1. The minimum absolute atomic E-state index is 0.0531. The summed E-state index contributed by atoms with van der Waals surface area (Å²) in [5.74, 6) is 0.128. The molecule has 0 amide bonds. The average Bonchev–Trinajstić information content (AvgIpc) is 2.79. The summed E-state index contributed by atoms with van der Waals surface area (Å²) in [7, 11) is 0. The molecule has 0 bridgehead atoms. The molecule has 0 saturated carbocycles. The van der Waals surface area contributed by atoms with Gasteiger partial charge in [0.05, 0.1) is 17.3 Å². The molecule has 0 saturated heterocycles. The van der Waals surface area contributed by atoms with Crippen LogP contribution in [0.4, 0.5) is 4.39 Å². The highest BCUT2D eigenvalue weighted by Crippen LogP contribution is 2.30. The van der Waals surface area contributed by atoms with Gasteiger partial charge in [-0.3, -0.25) is 0 Å². The lowest BCUT2D eigenvalue weighted by atomic mass is 9.98. The SMILES string of the molecule is CC(C)C(CO)c1nc(-c2cccc(F)c2)cs1. The molecule has 0 radical (unpaired) electrons. The summed E-state index contributed by atoms with van der Waals surface area (Å²) in [5, 5.41) is 12.2. The number of nitrogens with zero attached hydrogens (tertiary/aromatic N) is 1. The van der Waals surface area contributed by atoms with Crippen LogP contribution in [-0.2, 0) is 0 Å². The van der Waals surface area contributed by atoms with Crippen molar-refractivity contribution < 1.29 is 9.50 Å². The van der Waals surface area contributed by atoms with Gasteiger partial charge >= 0.3 is 0 Å². The highest BCUT2D eigenvalue weighted by atomic mass is 32.1. The minimum atomic E-state index is -0.260. The number of hydrogen-bond acceptors (Lipinski definition) is 3. The lowest BCUT2D eigenvalue weighted by molar-refractivity contribution is 0.237. The summed E-state index contributed by atoms with van der Waals surface area (Å²) in [5.41, 5.74) is 1.55. The van der Waals surface area contributed by atoms with Crippen LogP contribution >= 0.6 is 11.3 Å². The lowest BCUT2D eigenvalue weighted by Gasteiger charge is -2.14. The van der Waals surface area contributed by atoms with Crippen molar-refractivity contribution in [2.75, 3.05) is 6.61 Å². The molecule has 18 heavy (non-hydrogen) atoms. The second-order valence-corrected chi connectivity index (χ2v) is 5.50. The zero-order chi connectivity index (χ0) is 13.1. The van der Waals surface area contributed by atoms with Crippen molar-refractivity contribution >= 4 is 11.3 Å². The molecular weight excluding hydrogens is 249 g/mol. The molecule has 0 fully saturated rings. The van der Waals surface area contributed by atoms with Gasteiger partial charge in [0.15, 0.2) is 0 Å². The Hall–Kier alpha value is -1.26. The van der Waals surface area contributed by atoms with Gasteiger partial charge in [-0.1, -0.05) is 26.0 Å². The molecule has 1 aromatic carbocycles. The van der Waals surface area contributed by atoms with Crippen LogP contribution in [0.25, 0.3) is 11.3 Å². The largest absolute Gasteiger partial charge is 0.396 e. The Bertz CT molecular complexity index is 524. The molecule has 1 atom stereocenters. The number of aromatic nitrogens is 1. The molecular formula is C14H16FNOS. The fourth-order valence-corrected chi connectivity index (χ4v) is 2.91. The van der Waals surface area contributed by atoms with Crippen molar-refractivity contribution in [3.63, 3.8) is 0 Å². The van der Waals surface area contributed by atoms with Crippen LogP contribution in [0.5, 0.6) is 0 Å². The summed E-state index contributed by atoms with van der Waals surface area (Å²) in [6, 6.07) is 6.41. The van der Waals surface area contributed by atoms with Crippen molar-refractivity contribution in [2.45, 2.75) is 19.8 Å². The van der Waals surface area contributed by atoms with E-state index in [2.05, 4.69) is 18.8 Å². The smallest absolute Gasteiger partial charge is 0.123 e. The van der Waals surface area contributed by atoms with Gasteiger partial charge in [0.1, 0.15) is 5.82 Å². The molecule has 0 aliphatic carbocycles. The quantitative estimate of drug-likeness (QED) is 0.914. The first-order valence-electron chi connectivity index (χ1n) is 5.94. The molecule has 2 aromatic rings. The van der Waals surface area contributed by atoms with Gasteiger partial charge in [0, 0.05) is 16.9 Å². The van der Waals surface area contributed by atoms with Crippen LogP contribution in [0.15, 0.2) is 29.6 Å². The summed E-state index contributed by atoms with van der Waals surface area (Å²) in [6.45, 7) is 4.21. The molecule has 4 heteroatoms. The summed E-state index contributed by atoms with van der Waals surface area (Å²) in [4.78, 5) is 4.51. The van der Waals surface area contributed by atoms with Gasteiger partial charge in [-0.2, -0.15) is 0 Å². The van der Waals surface area contributed by atoms with Crippen molar-refractivity contribution in [1.29, 1.82) is 0 Å². The third kappa shape index (κ3) is 2.76. The summed E-state index contributed by atoms with van der Waals surface area (Å²) in [6.07, 6.45) is 0. The monoisotopic (exact) mass is 265 g/mol. The first kappa shape index (κ1) is 13.2. The number of benzene rings is 1. The molecule has 0 aliphatic rings. The summed E-state index contributed by atoms with van der Waals surface area (Å²) >= 11 is 1.52. The maximum Gasteiger partial charge on any atom is 0.123 e. The molecule has 0 spiro atoms. The Labute approximate surface area is 110 Å². The predicted molar refractivity (Wildman–Crippen MR) is 72.2 cm³/mol. The zero-order valence-electron chi connectivity index (χ0n) is 10.4. The molecule has 0 aliphatic heterocycles. The topological polar surface area (TPSA) is 33.1 Å². The fourth-order valence-electron chi connectivity index (χ4n) is 1.81. The Balaban J connectivity index is 2.30. The van der Waals surface area contributed by atoms with Crippen LogP contribution in [-0.4, -0.2) is 16.7 Å². The Morgan fingerprint density at radius 2 is 2.17 bits per heavy atom. The van der Waals surface area contributed by atoms with Gasteiger partial charge in [-0.15, -0.1) is 11.3 Å². The third-order valence-electron chi connectivity index (χ3n) is 2.96. The first-order valence-corrected chi connectivity index (χ1v) is 6.82. The van der Waals surface area contributed by atoms with Gasteiger partial charge in [-0.25, -0.2) is 9.37 Å². The molecule has 1 heterocycles. The van der Waals surface area contributed by atoms with Crippen LogP contribution < -0.4 is 0 Å². The Kier molecular flexibility index (Phi) is 4.09. The van der Waals surface area contributed by atoms with Crippen molar-refractivity contribution in [1.82, 2.24) is 4.98 Å². The van der Waals surface area contributed by atoms with E-state index >= 15 is 0 Å². The second-order valence-electron chi connectivity index (χ2n) is 4.61. The van der Waals surface area contributed by atoms with Gasteiger partial charge in [-0.05, 0) is 18.1 Å². The summed E-state index contributed by atoms with van der Waals surface area (Å²) < 4.78 is 13.1. The molecule has 1 unspecified atom stereocenters. The Morgan fingerprint density at radius 3 is 2.78 bits per heavy atom. The number of aliphatic hydroxyl groups is 1. The van der Waals surface area contributed by atoms with E-state index in [1.807, 2.05) is 11.4 Å². The van der Waals surface area contributed by atoms with Crippen LogP contribution in [0.3, 0.4) is 0 Å². The fraction of sp³-hybridized carbons (Fsp3) is 0.357. The van der Waals surface area contributed by atoms with Gasteiger partial charge in [0.2, 0.25) is 0 Å².